The summed E-state index contributed by atoms with van der Waals surface area (Å²) in [4.78, 5) is 2.68. The van der Waals surface area contributed by atoms with E-state index in [1.165, 1.54) is 44.5 Å². The van der Waals surface area contributed by atoms with Crippen LogP contribution in [0.4, 0.5) is 0 Å². The molecule has 0 aromatic heterocycles. The summed E-state index contributed by atoms with van der Waals surface area (Å²) >= 11 is 2.15. The van der Waals surface area contributed by atoms with Gasteiger partial charge in [0, 0.05) is 36.7 Å². The summed E-state index contributed by atoms with van der Waals surface area (Å²) in [6.07, 6.45) is 5.58. The standard InChI is InChI=1S/C12H24N2S/c1-2-11-9-14(6-7-15-11)12(8-13)10-4-3-5-10/h10-12H,2-9,13H2,1H3. The van der Waals surface area contributed by atoms with E-state index in [2.05, 4.69) is 23.6 Å². The quantitative estimate of drug-likeness (QED) is 0.797. The zero-order valence-corrected chi connectivity index (χ0v) is 10.6. The van der Waals surface area contributed by atoms with Crippen LogP contribution in [0.2, 0.25) is 0 Å². The van der Waals surface area contributed by atoms with Gasteiger partial charge in [0.2, 0.25) is 0 Å². The van der Waals surface area contributed by atoms with Crippen molar-refractivity contribution in [2.75, 3.05) is 25.4 Å². The maximum Gasteiger partial charge on any atom is 0.0247 e. The maximum absolute atomic E-state index is 5.95. The first-order valence-electron chi connectivity index (χ1n) is 6.40. The lowest BCUT2D eigenvalue weighted by Crippen LogP contribution is -2.52. The monoisotopic (exact) mass is 228 g/mol. The zero-order chi connectivity index (χ0) is 10.7. The molecule has 0 amide bonds. The van der Waals surface area contributed by atoms with E-state index in [9.17, 15) is 0 Å². The highest BCUT2D eigenvalue weighted by molar-refractivity contribution is 8.00. The lowest BCUT2D eigenvalue weighted by Gasteiger charge is -2.44. The highest BCUT2D eigenvalue weighted by Gasteiger charge is 2.33. The molecule has 0 aromatic carbocycles. The highest BCUT2D eigenvalue weighted by Crippen LogP contribution is 2.34. The number of nitrogens with zero attached hydrogens (tertiary/aromatic N) is 1. The topological polar surface area (TPSA) is 29.3 Å². The van der Waals surface area contributed by atoms with Crippen LogP contribution in [0, 0.1) is 5.92 Å². The minimum Gasteiger partial charge on any atom is -0.329 e. The van der Waals surface area contributed by atoms with Crippen LogP contribution in [-0.2, 0) is 0 Å². The molecule has 88 valence electrons. The van der Waals surface area contributed by atoms with Crippen molar-refractivity contribution in [2.24, 2.45) is 11.7 Å². The number of hydrogen-bond acceptors (Lipinski definition) is 3. The second-order valence-corrected chi connectivity index (χ2v) is 6.30. The van der Waals surface area contributed by atoms with Gasteiger partial charge in [-0.3, -0.25) is 4.90 Å². The molecule has 2 rings (SSSR count). The summed E-state index contributed by atoms with van der Waals surface area (Å²) in [6.45, 7) is 5.72. The predicted octanol–water partition coefficient (Wildman–Crippen LogP) is 1.94. The summed E-state index contributed by atoms with van der Waals surface area (Å²) in [6, 6.07) is 0.689. The Balaban J connectivity index is 1.88. The molecule has 2 aliphatic rings. The molecule has 0 radical (unpaired) electrons. The van der Waals surface area contributed by atoms with Gasteiger partial charge in [0.15, 0.2) is 0 Å². The van der Waals surface area contributed by atoms with E-state index >= 15 is 0 Å². The lowest BCUT2D eigenvalue weighted by atomic mass is 9.79. The Morgan fingerprint density at radius 2 is 2.27 bits per heavy atom. The summed E-state index contributed by atoms with van der Waals surface area (Å²) in [5.74, 6) is 2.22. The fourth-order valence-corrected chi connectivity index (χ4v) is 3.96. The van der Waals surface area contributed by atoms with E-state index in [1.54, 1.807) is 0 Å². The predicted molar refractivity (Wildman–Crippen MR) is 68.3 cm³/mol. The molecule has 1 heterocycles. The van der Waals surface area contributed by atoms with Gasteiger partial charge in [-0.15, -0.1) is 0 Å². The third-order valence-corrected chi connectivity index (χ3v) is 5.40. The van der Waals surface area contributed by atoms with Crippen molar-refractivity contribution in [1.82, 2.24) is 4.90 Å². The largest absolute Gasteiger partial charge is 0.329 e. The van der Waals surface area contributed by atoms with Crippen molar-refractivity contribution >= 4 is 11.8 Å². The maximum atomic E-state index is 5.95. The fraction of sp³-hybridized carbons (Fsp3) is 1.00. The molecule has 1 aliphatic heterocycles. The van der Waals surface area contributed by atoms with Crippen LogP contribution in [0.5, 0.6) is 0 Å². The van der Waals surface area contributed by atoms with E-state index < -0.39 is 0 Å². The Hall–Kier alpha value is 0.270. The van der Waals surface area contributed by atoms with Crippen LogP contribution in [-0.4, -0.2) is 41.6 Å². The molecule has 1 saturated heterocycles. The van der Waals surface area contributed by atoms with Gasteiger partial charge in [0.25, 0.3) is 0 Å². The van der Waals surface area contributed by atoms with Gasteiger partial charge < -0.3 is 5.73 Å². The van der Waals surface area contributed by atoms with Crippen LogP contribution in [0.25, 0.3) is 0 Å². The molecule has 2 nitrogen and oxygen atoms in total. The van der Waals surface area contributed by atoms with Crippen molar-refractivity contribution < 1.29 is 0 Å². The van der Waals surface area contributed by atoms with Crippen LogP contribution < -0.4 is 5.73 Å². The van der Waals surface area contributed by atoms with Crippen molar-refractivity contribution in [3.05, 3.63) is 0 Å². The first kappa shape index (κ1) is 11.7. The van der Waals surface area contributed by atoms with E-state index in [-0.39, 0.29) is 0 Å². The Labute approximate surface area is 98.0 Å². The van der Waals surface area contributed by atoms with Gasteiger partial charge in [-0.05, 0) is 25.2 Å². The van der Waals surface area contributed by atoms with Gasteiger partial charge in [-0.1, -0.05) is 13.3 Å². The normalized spacial score (nSPS) is 31.2. The molecule has 2 fully saturated rings. The molecular formula is C12H24N2S. The van der Waals surface area contributed by atoms with E-state index in [0.717, 1.165) is 17.7 Å². The summed E-state index contributed by atoms with van der Waals surface area (Å²) in [5.41, 5.74) is 5.95. The number of nitrogens with two attached hydrogens (primary N) is 1. The molecule has 15 heavy (non-hydrogen) atoms. The SMILES string of the molecule is CCC1CN(C(CN)C2CCC2)CCS1. The van der Waals surface area contributed by atoms with Gasteiger partial charge in [0.05, 0.1) is 0 Å². The molecule has 2 N–H and O–H groups in total. The summed E-state index contributed by atoms with van der Waals surface area (Å²) in [7, 11) is 0. The average Bonchev–Trinajstić information content (AvgIpc) is 2.23. The second kappa shape index (κ2) is 5.55. The van der Waals surface area contributed by atoms with Crippen molar-refractivity contribution in [3.8, 4) is 0 Å². The number of rotatable bonds is 4. The van der Waals surface area contributed by atoms with Crippen molar-refractivity contribution in [3.63, 3.8) is 0 Å². The highest BCUT2D eigenvalue weighted by atomic mass is 32.2. The molecule has 2 unspecified atom stereocenters. The lowest BCUT2D eigenvalue weighted by molar-refractivity contribution is 0.103. The summed E-state index contributed by atoms with van der Waals surface area (Å²) in [5, 5.41) is 0.855. The molecular weight excluding hydrogens is 204 g/mol. The Kier molecular flexibility index (Phi) is 4.35. The van der Waals surface area contributed by atoms with Gasteiger partial charge in [-0.25, -0.2) is 0 Å². The molecule has 1 aliphatic carbocycles. The Morgan fingerprint density at radius 1 is 1.47 bits per heavy atom. The minimum absolute atomic E-state index is 0.689. The summed E-state index contributed by atoms with van der Waals surface area (Å²) < 4.78 is 0. The van der Waals surface area contributed by atoms with Crippen molar-refractivity contribution in [1.29, 1.82) is 0 Å². The molecule has 0 aromatic rings. The molecule has 1 saturated carbocycles. The zero-order valence-electron chi connectivity index (χ0n) is 9.82. The second-order valence-electron chi connectivity index (χ2n) is 4.89. The van der Waals surface area contributed by atoms with Gasteiger partial charge >= 0.3 is 0 Å². The van der Waals surface area contributed by atoms with Crippen LogP contribution in [0.3, 0.4) is 0 Å². The van der Waals surface area contributed by atoms with E-state index in [0.29, 0.717) is 6.04 Å². The van der Waals surface area contributed by atoms with Gasteiger partial charge in [0.1, 0.15) is 0 Å². The Bertz CT molecular complexity index is 194. The number of hydrogen-bond donors (Lipinski definition) is 1. The molecule has 0 bridgehead atoms. The Morgan fingerprint density at radius 3 is 2.80 bits per heavy atom. The van der Waals surface area contributed by atoms with Gasteiger partial charge in [-0.2, -0.15) is 11.8 Å². The molecule has 0 spiro atoms. The number of thioether (sulfide) groups is 1. The van der Waals surface area contributed by atoms with Crippen LogP contribution >= 0.6 is 11.8 Å². The first-order chi connectivity index (χ1) is 7.35. The smallest absolute Gasteiger partial charge is 0.0247 e. The van der Waals surface area contributed by atoms with E-state index in [1.807, 2.05) is 0 Å². The molecule has 3 heteroatoms. The van der Waals surface area contributed by atoms with E-state index in [4.69, 9.17) is 5.73 Å². The fourth-order valence-electron chi connectivity index (χ4n) is 2.75. The molecule has 2 atom stereocenters. The third-order valence-electron chi connectivity index (χ3n) is 4.03. The third kappa shape index (κ3) is 2.69. The van der Waals surface area contributed by atoms with Crippen LogP contribution in [0.1, 0.15) is 32.6 Å². The average molecular weight is 228 g/mol. The van der Waals surface area contributed by atoms with Crippen LogP contribution in [0.15, 0.2) is 0 Å². The van der Waals surface area contributed by atoms with Crippen molar-refractivity contribution in [2.45, 2.75) is 43.9 Å². The minimum atomic E-state index is 0.689. The first-order valence-corrected chi connectivity index (χ1v) is 7.45.